The number of carbonyl (C=O) groups is 2. The van der Waals surface area contributed by atoms with Crippen LogP contribution in [0.4, 0.5) is 18.9 Å². The largest absolute Gasteiger partial charge is 0.412 e. The number of hydrogen-bond donors (Lipinski definition) is 1. The van der Waals surface area contributed by atoms with E-state index in [4.69, 9.17) is 11.6 Å². The molecule has 1 aliphatic rings. The number of alkyl halides is 3. The fourth-order valence-electron chi connectivity index (χ4n) is 3.04. The van der Waals surface area contributed by atoms with Crippen LogP contribution in [0, 0.1) is 5.92 Å². The number of carbonyl (C=O) groups excluding carboxylic acids is 2. The lowest BCUT2D eigenvalue weighted by molar-refractivity contribution is -0.164. The molecule has 0 spiro atoms. The van der Waals surface area contributed by atoms with Crippen molar-refractivity contribution in [3.8, 4) is 0 Å². The number of hydrogen-bond acceptors (Lipinski definition) is 2. The quantitative estimate of drug-likeness (QED) is 0.845. The summed E-state index contributed by atoms with van der Waals surface area (Å²) in [4.78, 5) is 26.0. The van der Waals surface area contributed by atoms with Gasteiger partial charge < -0.3 is 10.2 Å². The summed E-state index contributed by atoms with van der Waals surface area (Å²) in [7, 11) is 0. The topological polar surface area (TPSA) is 49.4 Å². The fourth-order valence-corrected chi connectivity index (χ4v) is 3.22. The van der Waals surface area contributed by atoms with Crippen LogP contribution in [-0.2, 0) is 9.59 Å². The van der Waals surface area contributed by atoms with Crippen molar-refractivity contribution in [3.63, 3.8) is 0 Å². The lowest BCUT2D eigenvalue weighted by Gasteiger charge is -2.23. The molecule has 3 rings (SSSR count). The third-order valence-corrected chi connectivity index (χ3v) is 4.60. The molecular weight excluding hydrogens is 381 g/mol. The second kappa shape index (κ2) is 7.60. The van der Waals surface area contributed by atoms with Gasteiger partial charge in [0.15, 0.2) is 6.04 Å². The first-order valence-corrected chi connectivity index (χ1v) is 8.61. The van der Waals surface area contributed by atoms with Gasteiger partial charge in [-0.3, -0.25) is 9.59 Å². The van der Waals surface area contributed by atoms with Crippen molar-refractivity contribution in [2.75, 3.05) is 11.4 Å². The summed E-state index contributed by atoms with van der Waals surface area (Å²) in [5.41, 5.74) is 0.451. The predicted octanol–water partition coefficient (Wildman–Crippen LogP) is 4.11. The summed E-state index contributed by atoms with van der Waals surface area (Å²) in [5, 5.41) is 2.48. The summed E-state index contributed by atoms with van der Waals surface area (Å²) in [6.07, 6.45) is -4.80. The molecule has 1 fully saturated rings. The third-order valence-electron chi connectivity index (χ3n) is 4.36. The normalized spacial score (nSPS) is 18.4. The summed E-state index contributed by atoms with van der Waals surface area (Å²) in [6.45, 7) is 0.00434. The zero-order valence-corrected chi connectivity index (χ0v) is 14.8. The Kier molecular flexibility index (Phi) is 5.41. The number of nitrogens with one attached hydrogen (secondary N) is 1. The lowest BCUT2D eigenvalue weighted by Crippen LogP contribution is -2.41. The number of benzene rings is 2. The Morgan fingerprint density at radius 1 is 1.15 bits per heavy atom. The van der Waals surface area contributed by atoms with E-state index in [1.807, 2.05) is 0 Å². The van der Waals surface area contributed by atoms with E-state index in [0.29, 0.717) is 10.7 Å². The van der Waals surface area contributed by atoms with Crippen molar-refractivity contribution in [3.05, 3.63) is 65.2 Å². The van der Waals surface area contributed by atoms with Gasteiger partial charge in [-0.15, -0.1) is 0 Å². The fraction of sp³-hybridized carbons (Fsp3) is 0.263. The van der Waals surface area contributed by atoms with Crippen LogP contribution in [0.15, 0.2) is 54.6 Å². The van der Waals surface area contributed by atoms with E-state index in [1.54, 1.807) is 30.3 Å². The van der Waals surface area contributed by atoms with E-state index in [-0.39, 0.29) is 24.4 Å². The molecule has 2 amide bonds. The highest BCUT2D eigenvalue weighted by molar-refractivity contribution is 6.31. The van der Waals surface area contributed by atoms with E-state index in [9.17, 15) is 22.8 Å². The van der Waals surface area contributed by atoms with Gasteiger partial charge in [-0.2, -0.15) is 13.2 Å². The molecule has 0 radical (unpaired) electrons. The van der Waals surface area contributed by atoms with Crippen LogP contribution < -0.4 is 10.2 Å². The van der Waals surface area contributed by atoms with E-state index >= 15 is 0 Å². The zero-order chi connectivity index (χ0) is 19.6. The van der Waals surface area contributed by atoms with Gasteiger partial charge in [-0.25, -0.2) is 0 Å². The Bertz CT molecular complexity index is 842. The smallest absolute Gasteiger partial charge is 0.341 e. The van der Waals surface area contributed by atoms with E-state index in [1.165, 1.54) is 29.2 Å². The molecule has 142 valence electrons. The Morgan fingerprint density at radius 3 is 2.48 bits per heavy atom. The Balaban J connectivity index is 1.75. The molecule has 8 heteroatoms. The minimum atomic E-state index is -4.65. The van der Waals surface area contributed by atoms with Crippen LogP contribution >= 0.6 is 11.6 Å². The molecule has 27 heavy (non-hydrogen) atoms. The van der Waals surface area contributed by atoms with E-state index in [0.717, 1.165) is 0 Å². The minimum absolute atomic E-state index is 0.00434. The van der Waals surface area contributed by atoms with Gasteiger partial charge in [-0.05, 0) is 23.8 Å². The van der Waals surface area contributed by atoms with Crippen LogP contribution in [0.5, 0.6) is 0 Å². The molecule has 0 aromatic heterocycles. The van der Waals surface area contributed by atoms with Crippen molar-refractivity contribution in [1.29, 1.82) is 0 Å². The molecule has 1 saturated heterocycles. The molecule has 4 nitrogen and oxygen atoms in total. The lowest BCUT2D eigenvalue weighted by atomic mass is 10.0. The highest BCUT2D eigenvalue weighted by atomic mass is 35.5. The average Bonchev–Trinajstić information content (AvgIpc) is 3.01. The number of amides is 2. The average molecular weight is 397 g/mol. The van der Waals surface area contributed by atoms with Gasteiger partial charge in [0, 0.05) is 23.7 Å². The van der Waals surface area contributed by atoms with Crippen molar-refractivity contribution in [2.24, 2.45) is 5.92 Å². The molecule has 2 unspecified atom stereocenters. The summed E-state index contributed by atoms with van der Waals surface area (Å²) >= 11 is 5.91. The molecule has 2 aromatic rings. The molecule has 2 atom stereocenters. The van der Waals surface area contributed by atoms with Crippen molar-refractivity contribution >= 4 is 29.1 Å². The maximum Gasteiger partial charge on any atom is 0.412 e. The number of halogens is 4. The highest BCUT2D eigenvalue weighted by Crippen LogP contribution is 2.34. The minimum Gasteiger partial charge on any atom is -0.341 e. The molecular formula is C19H16ClF3N2O2. The number of rotatable bonds is 4. The van der Waals surface area contributed by atoms with Crippen LogP contribution in [0.1, 0.15) is 18.0 Å². The first kappa shape index (κ1) is 19.2. The second-order valence-electron chi connectivity index (χ2n) is 6.28. The molecule has 0 saturated carbocycles. The first-order valence-electron chi connectivity index (χ1n) is 8.23. The number of nitrogens with zero attached hydrogens (tertiary/aromatic N) is 1. The standard InChI is InChI=1S/C19H16ClF3N2O2/c20-14-7-4-8-15(10-14)25-11-13(9-16(25)26)18(27)24-17(19(21,22)23)12-5-2-1-3-6-12/h1-8,10,13,17H,9,11H2,(H,24,27). The molecule has 1 heterocycles. The van der Waals surface area contributed by atoms with Crippen LogP contribution in [-0.4, -0.2) is 24.5 Å². The second-order valence-corrected chi connectivity index (χ2v) is 6.72. The van der Waals surface area contributed by atoms with Gasteiger partial charge in [0.05, 0.1) is 5.92 Å². The van der Waals surface area contributed by atoms with Crippen LogP contribution in [0.3, 0.4) is 0 Å². The molecule has 2 aromatic carbocycles. The first-order chi connectivity index (χ1) is 12.8. The molecule has 0 bridgehead atoms. The Morgan fingerprint density at radius 2 is 1.85 bits per heavy atom. The predicted molar refractivity (Wildman–Crippen MR) is 95.3 cm³/mol. The summed E-state index contributed by atoms with van der Waals surface area (Å²) in [6, 6.07) is 11.6. The molecule has 1 N–H and O–H groups in total. The van der Waals surface area contributed by atoms with Gasteiger partial charge in [0.25, 0.3) is 0 Å². The summed E-state index contributed by atoms with van der Waals surface area (Å²) in [5.74, 6) is -2.01. The van der Waals surface area contributed by atoms with Gasteiger partial charge in [0.1, 0.15) is 0 Å². The van der Waals surface area contributed by atoms with Crippen molar-refractivity contribution in [1.82, 2.24) is 5.32 Å². The molecule has 1 aliphatic heterocycles. The summed E-state index contributed by atoms with van der Waals surface area (Å²) < 4.78 is 40.2. The molecule has 0 aliphatic carbocycles. The maximum absolute atomic E-state index is 13.4. The highest BCUT2D eigenvalue weighted by Gasteiger charge is 2.44. The van der Waals surface area contributed by atoms with E-state index in [2.05, 4.69) is 5.32 Å². The SMILES string of the molecule is O=C(NC(c1ccccc1)C(F)(F)F)C1CC(=O)N(c2cccc(Cl)c2)C1. The number of anilines is 1. The van der Waals surface area contributed by atoms with Gasteiger partial charge in [-0.1, -0.05) is 48.0 Å². The maximum atomic E-state index is 13.4. The van der Waals surface area contributed by atoms with Crippen LogP contribution in [0.2, 0.25) is 5.02 Å². The van der Waals surface area contributed by atoms with E-state index < -0.39 is 24.0 Å². The van der Waals surface area contributed by atoms with Crippen molar-refractivity contribution in [2.45, 2.75) is 18.6 Å². The Hall–Kier alpha value is -2.54. The van der Waals surface area contributed by atoms with Crippen molar-refractivity contribution < 1.29 is 22.8 Å². The monoisotopic (exact) mass is 396 g/mol. The van der Waals surface area contributed by atoms with Crippen LogP contribution in [0.25, 0.3) is 0 Å². The zero-order valence-electron chi connectivity index (χ0n) is 14.0. The Labute approximate surface area is 158 Å². The van der Waals surface area contributed by atoms with Gasteiger partial charge >= 0.3 is 6.18 Å². The third kappa shape index (κ3) is 4.42. The van der Waals surface area contributed by atoms with Gasteiger partial charge in [0.2, 0.25) is 11.8 Å².